The fourth-order valence-corrected chi connectivity index (χ4v) is 9.71. The summed E-state index contributed by atoms with van der Waals surface area (Å²) in [5.41, 5.74) is 1.56. The normalized spacial score (nSPS) is 16.6. The number of carboxylic acid groups (broad SMARTS) is 1. The molecule has 7 N–H and O–H groups in total. The van der Waals surface area contributed by atoms with E-state index >= 15 is 0 Å². The number of nitrogens with one attached hydrogen (secondary N) is 2. The molecule has 2 amide bonds. The third kappa shape index (κ3) is 13.7. The van der Waals surface area contributed by atoms with Crippen molar-refractivity contribution in [1.29, 1.82) is 0 Å². The van der Waals surface area contributed by atoms with Crippen molar-refractivity contribution in [2.24, 2.45) is 0 Å². The maximum Gasteiger partial charge on any atom is 0.303 e. The van der Waals surface area contributed by atoms with Gasteiger partial charge in [0.15, 0.2) is 5.71 Å². The molecule has 354 valence electrons. The fourth-order valence-electron chi connectivity index (χ4n) is 7.99. The first kappa shape index (κ1) is 52.1. The first-order valence-corrected chi connectivity index (χ1v) is 26.4. The number of amides is 2. The standard InChI is InChI=1S/C40H54N4O16S4/c1-39(2)30-26-28(64(58,59)60)15-16-31(30)43(20-11-21-61(49,50)51)33(39)12-7-5-8-13-34-40(3,4)36-29(38(48)42-18-23-63(55,56)57)24-27(37(47)41-17-22-62(52,53)54)25-32(36)44(34)19-10-6-9-14-35(45)46/h8,12-13,15-16,24-26H,5-7,9-11,14,17-23H2,1-4H3,(H6-,41,42,45,46,47,48,49,50,51,52,53,54,55,56,57,58,59,60)/p+1/b13-8+,33-12+. The van der Waals surface area contributed by atoms with E-state index in [1.165, 1.54) is 30.3 Å². The molecule has 0 bridgehead atoms. The molecule has 0 saturated heterocycles. The molecule has 20 nitrogen and oxygen atoms in total. The van der Waals surface area contributed by atoms with Gasteiger partial charge in [-0.1, -0.05) is 26.0 Å². The number of benzene rings is 2. The molecule has 0 aromatic heterocycles. The van der Waals surface area contributed by atoms with Crippen LogP contribution in [0.3, 0.4) is 0 Å². The smallest absolute Gasteiger partial charge is 0.303 e. The number of fused-ring (bicyclic) bond motifs is 2. The van der Waals surface area contributed by atoms with Gasteiger partial charge in [0, 0.05) is 67.0 Å². The minimum absolute atomic E-state index is 0.0175. The molecule has 0 spiro atoms. The second kappa shape index (κ2) is 20.3. The lowest BCUT2D eigenvalue weighted by molar-refractivity contribution is -0.438. The number of aliphatic carboxylic acids is 1. The highest BCUT2D eigenvalue weighted by Gasteiger charge is 2.47. The number of carbonyl (C=O) groups excluding carboxylic acids is 2. The molecule has 0 unspecified atom stereocenters. The zero-order chi connectivity index (χ0) is 48.1. The Kier molecular flexibility index (Phi) is 16.5. The van der Waals surface area contributed by atoms with Crippen LogP contribution in [-0.2, 0) is 56.1 Å². The summed E-state index contributed by atoms with van der Waals surface area (Å²) in [6.07, 6.45) is 7.82. The molecule has 64 heavy (non-hydrogen) atoms. The maximum atomic E-state index is 13.8. The van der Waals surface area contributed by atoms with Crippen molar-refractivity contribution in [3.05, 3.63) is 76.5 Å². The molecule has 2 aliphatic rings. The van der Waals surface area contributed by atoms with Gasteiger partial charge in [0.2, 0.25) is 5.69 Å². The lowest BCUT2D eigenvalue weighted by atomic mass is 9.78. The van der Waals surface area contributed by atoms with Gasteiger partial charge in [-0.2, -0.15) is 38.2 Å². The monoisotopic (exact) mass is 975 g/mol. The molecule has 2 aromatic carbocycles. The van der Waals surface area contributed by atoms with E-state index in [0.717, 1.165) is 5.70 Å². The molecule has 4 rings (SSSR count). The molecule has 0 fully saturated rings. The Bertz CT molecular complexity index is 2710. The van der Waals surface area contributed by atoms with E-state index in [1.54, 1.807) is 0 Å². The number of carbonyl (C=O) groups is 3. The molecule has 0 saturated carbocycles. The van der Waals surface area contributed by atoms with E-state index in [2.05, 4.69) is 10.6 Å². The van der Waals surface area contributed by atoms with Crippen LogP contribution in [-0.4, -0.2) is 128 Å². The number of hydrogen-bond donors (Lipinski definition) is 7. The summed E-state index contributed by atoms with van der Waals surface area (Å²) in [4.78, 5) is 40.0. The van der Waals surface area contributed by atoms with Crippen molar-refractivity contribution in [3.8, 4) is 0 Å². The number of rotatable bonds is 23. The summed E-state index contributed by atoms with van der Waals surface area (Å²) in [7, 11) is -17.7. The zero-order valence-corrected chi connectivity index (χ0v) is 39.0. The van der Waals surface area contributed by atoms with E-state index < -0.39 is 99.4 Å². The van der Waals surface area contributed by atoms with E-state index in [4.69, 9.17) is 0 Å². The fraction of sp³-hybridized carbons (Fsp3) is 0.500. The Morgan fingerprint density at radius 1 is 0.734 bits per heavy atom. The van der Waals surface area contributed by atoms with Gasteiger partial charge >= 0.3 is 5.97 Å². The Morgan fingerprint density at radius 3 is 1.92 bits per heavy atom. The van der Waals surface area contributed by atoms with E-state index in [1.807, 2.05) is 55.4 Å². The van der Waals surface area contributed by atoms with Gasteiger partial charge in [-0.3, -0.25) is 32.6 Å². The Labute approximate surface area is 373 Å². The average Bonchev–Trinajstić information content (AvgIpc) is 3.49. The van der Waals surface area contributed by atoms with Crippen LogP contribution in [0.5, 0.6) is 0 Å². The minimum Gasteiger partial charge on any atom is -0.481 e. The number of allylic oxidation sites excluding steroid dienone is 4. The Balaban J connectivity index is 1.76. The quantitative estimate of drug-likeness (QED) is 0.0476. The predicted molar refractivity (Wildman–Crippen MR) is 237 cm³/mol. The van der Waals surface area contributed by atoms with Gasteiger partial charge in [0.1, 0.15) is 6.54 Å². The molecule has 2 aliphatic heterocycles. The van der Waals surface area contributed by atoms with Gasteiger partial charge in [0.05, 0.1) is 38.7 Å². The van der Waals surface area contributed by atoms with Crippen LogP contribution >= 0.6 is 0 Å². The van der Waals surface area contributed by atoms with Crippen molar-refractivity contribution in [3.63, 3.8) is 0 Å². The lowest BCUT2D eigenvalue weighted by Gasteiger charge is -2.27. The Hall–Kier alpha value is -4.56. The first-order valence-electron chi connectivity index (χ1n) is 20.2. The molecular formula is C40H55N4O16S4+. The first-order chi connectivity index (χ1) is 29.4. The second-order valence-corrected chi connectivity index (χ2v) is 22.6. The number of anilines is 1. The maximum absolute atomic E-state index is 13.8. The molecule has 0 atom stereocenters. The van der Waals surface area contributed by atoms with Crippen molar-refractivity contribution >= 4 is 75.3 Å². The van der Waals surface area contributed by atoms with E-state index in [9.17, 15) is 71.4 Å². The summed E-state index contributed by atoms with van der Waals surface area (Å²) < 4.78 is 132. The molecule has 2 heterocycles. The molecular weight excluding hydrogens is 921 g/mol. The van der Waals surface area contributed by atoms with Gasteiger partial charge in [0.25, 0.3) is 52.3 Å². The number of unbranched alkanes of at least 4 members (excludes halogenated alkanes) is 3. The molecule has 2 aromatic rings. The largest absolute Gasteiger partial charge is 0.481 e. The highest BCUT2D eigenvalue weighted by molar-refractivity contribution is 7.86. The average molecular weight is 976 g/mol. The van der Waals surface area contributed by atoms with Crippen LogP contribution in [0.1, 0.15) is 104 Å². The van der Waals surface area contributed by atoms with Crippen molar-refractivity contribution < 1.29 is 75.9 Å². The van der Waals surface area contributed by atoms with E-state index in [0.29, 0.717) is 66.9 Å². The molecule has 0 radical (unpaired) electrons. The van der Waals surface area contributed by atoms with Crippen molar-refractivity contribution in [2.45, 2.75) is 88.4 Å². The molecule has 24 heteroatoms. The lowest BCUT2D eigenvalue weighted by Crippen LogP contribution is -2.34. The number of carboxylic acids is 1. The van der Waals surface area contributed by atoms with Crippen molar-refractivity contribution in [1.82, 2.24) is 10.6 Å². The highest BCUT2D eigenvalue weighted by atomic mass is 32.2. The summed E-state index contributed by atoms with van der Waals surface area (Å²) in [5, 5.41) is 14.1. The van der Waals surface area contributed by atoms with Crippen molar-refractivity contribution in [2.75, 3.05) is 48.3 Å². The highest BCUT2D eigenvalue weighted by Crippen LogP contribution is 2.49. The van der Waals surface area contributed by atoms with Crippen LogP contribution < -0.4 is 15.5 Å². The minimum atomic E-state index is -4.55. The number of nitrogens with zero attached hydrogens (tertiary/aromatic N) is 2. The summed E-state index contributed by atoms with van der Waals surface area (Å²) in [5.74, 6) is -4.61. The number of hydrogen-bond acceptors (Lipinski definition) is 12. The summed E-state index contributed by atoms with van der Waals surface area (Å²) in [6, 6.07) is 6.93. The zero-order valence-electron chi connectivity index (χ0n) is 35.8. The van der Waals surface area contributed by atoms with Crippen LogP contribution in [0.15, 0.2) is 59.2 Å². The summed E-state index contributed by atoms with van der Waals surface area (Å²) in [6.45, 7) is 6.90. The van der Waals surface area contributed by atoms with Gasteiger partial charge in [-0.05, 0) is 75.8 Å². The van der Waals surface area contributed by atoms with E-state index in [-0.39, 0.29) is 35.4 Å². The van der Waals surface area contributed by atoms with Gasteiger partial charge < -0.3 is 20.6 Å². The predicted octanol–water partition coefficient (Wildman–Crippen LogP) is 3.49. The topological polar surface area (TPSA) is 319 Å². The van der Waals surface area contributed by atoms with Crippen LogP contribution in [0, 0.1) is 0 Å². The third-order valence-electron chi connectivity index (χ3n) is 10.9. The summed E-state index contributed by atoms with van der Waals surface area (Å²) >= 11 is 0. The second-order valence-electron chi connectivity index (χ2n) is 16.5. The third-order valence-corrected chi connectivity index (χ3v) is 14.0. The van der Waals surface area contributed by atoms with Gasteiger partial charge in [-0.25, -0.2) is 0 Å². The molecule has 0 aliphatic carbocycles. The SMILES string of the molecule is CC1(C)C(/C=C/CC/C=C2/N(CCCS(=O)(=O)O)c3ccc(S(=O)(=O)O)cc3C2(C)C)=[N+](CCCCCC(=O)O)c2cc(C(=O)NCCS(=O)(=O)O)cc(C(=O)NCCS(=O)(=O)O)c21. The van der Waals surface area contributed by atoms with Crippen LogP contribution in [0.25, 0.3) is 0 Å². The van der Waals surface area contributed by atoms with Crippen LogP contribution in [0.4, 0.5) is 11.4 Å². The van der Waals surface area contributed by atoms with Crippen LogP contribution in [0.2, 0.25) is 0 Å². The van der Waals surface area contributed by atoms with Gasteiger partial charge in [-0.15, -0.1) is 0 Å². The Morgan fingerprint density at radius 2 is 1.34 bits per heavy atom.